The van der Waals surface area contributed by atoms with Crippen LogP contribution in [0, 0.1) is 11.8 Å². The third kappa shape index (κ3) is 3.82. The van der Waals surface area contributed by atoms with Crippen molar-refractivity contribution in [3.8, 4) is 0 Å². The molecule has 0 heterocycles. The van der Waals surface area contributed by atoms with Crippen LogP contribution >= 0.6 is 0 Å². The number of aliphatic hydroxyl groups is 1. The Morgan fingerprint density at radius 1 is 1.22 bits per heavy atom. The summed E-state index contributed by atoms with van der Waals surface area (Å²) in [5, 5.41) is 13.2. The summed E-state index contributed by atoms with van der Waals surface area (Å²) < 4.78 is 0. The molecule has 18 heavy (non-hydrogen) atoms. The zero-order chi connectivity index (χ0) is 13.0. The van der Waals surface area contributed by atoms with E-state index in [-0.39, 0.29) is 12.6 Å². The lowest BCUT2D eigenvalue weighted by atomic mass is 9.98. The fraction of sp³-hybridized carbons (Fsp3) is 0.625. The van der Waals surface area contributed by atoms with Gasteiger partial charge in [-0.1, -0.05) is 44.2 Å². The number of hydrogen-bond donors (Lipinski definition) is 2. The van der Waals surface area contributed by atoms with Crippen LogP contribution in [0.1, 0.15) is 44.7 Å². The SMILES string of the molecule is CC(C)CC(CO)NC(c1ccccc1)C1CC1. The molecule has 1 saturated carbocycles. The quantitative estimate of drug-likeness (QED) is 0.776. The van der Waals surface area contributed by atoms with Gasteiger partial charge in [0, 0.05) is 12.1 Å². The van der Waals surface area contributed by atoms with Crippen molar-refractivity contribution >= 4 is 0 Å². The zero-order valence-electron chi connectivity index (χ0n) is 11.5. The molecule has 0 aromatic heterocycles. The Labute approximate surface area is 110 Å². The smallest absolute Gasteiger partial charge is 0.0584 e. The van der Waals surface area contributed by atoms with Crippen molar-refractivity contribution in [1.29, 1.82) is 0 Å². The van der Waals surface area contributed by atoms with E-state index in [1.165, 1.54) is 18.4 Å². The Hall–Kier alpha value is -0.860. The maximum absolute atomic E-state index is 9.51. The molecule has 2 nitrogen and oxygen atoms in total. The monoisotopic (exact) mass is 247 g/mol. The third-order valence-corrected chi connectivity index (χ3v) is 3.64. The number of benzene rings is 1. The van der Waals surface area contributed by atoms with Gasteiger partial charge in [0.1, 0.15) is 0 Å². The van der Waals surface area contributed by atoms with Crippen LogP contribution in [-0.2, 0) is 0 Å². The van der Waals surface area contributed by atoms with Crippen LogP contribution in [0.15, 0.2) is 30.3 Å². The summed E-state index contributed by atoms with van der Waals surface area (Å²) in [4.78, 5) is 0. The van der Waals surface area contributed by atoms with E-state index in [2.05, 4.69) is 49.5 Å². The highest BCUT2D eigenvalue weighted by molar-refractivity contribution is 5.21. The van der Waals surface area contributed by atoms with E-state index in [4.69, 9.17) is 0 Å². The van der Waals surface area contributed by atoms with Gasteiger partial charge in [-0.3, -0.25) is 0 Å². The van der Waals surface area contributed by atoms with Gasteiger partial charge >= 0.3 is 0 Å². The fourth-order valence-electron chi connectivity index (χ4n) is 2.61. The molecule has 2 rings (SSSR count). The van der Waals surface area contributed by atoms with Gasteiger partial charge in [-0.2, -0.15) is 0 Å². The third-order valence-electron chi connectivity index (χ3n) is 3.64. The molecule has 0 aliphatic heterocycles. The molecule has 2 N–H and O–H groups in total. The molecule has 0 radical (unpaired) electrons. The normalized spacial score (nSPS) is 18.9. The predicted molar refractivity (Wildman–Crippen MR) is 75.4 cm³/mol. The molecule has 1 aromatic carbocycles. The van der Waals surface area contributed by atoms with E-state index in [0.29, 0.717) is 12.0 Å². The van der Waals surface area contributed by atoms with E-state index in [1.54, 1.807) is 0 Å². The summed E-state index contributed by atoms with van der Waals surface area (Å²) in [7, 11) is 0. The molecule has 1 aromatic rings. The largest absolute Gasteiger partial charge is 0.395 e. The Balaban J connectivity index is 2.02. The first-order valence-electron chi connectivity index (χ1n) is 7.12. The summed E-state index contributed by atoms with van der Waals surface area (Å²) in [6.07, 6.45) is 3.66. The lowest BCUT2D eigenvalue weighted by Gasteiger charge is -2.26. The maximum Gasteiger partial charge on any atom is 0.0584 e. The van der Waals surface area contributed by atoms with Crippen molar-refractivity contribution in [2.75, 3.05) is 6.61 Å². The van der Waals surface area contributed by atoms with Crippen LogP contribution in [0.3, 0.4) is 0 Å². The lowest BCUT2D eigenvalue weighted by Crippen LogP contribution is -2.37. The van der Waals surface area contributed by atoms with Crippen molar-refractivity contribution in [3.05, 3.63) is 35.9 Å². The average Bonchev–Trinajstić information content (AvgIpc) is 3.19. The van der Waals surface area contributed by atoms with Crippen molar-refractivity contribution in [1.82, 2.24) is 5.32 Å². The van der Waals surface area contributed by atoms with Crippen molar-refractivity contribution in [3.63, 3.8) is 0 Å². The first-order chi connectivity index (χ1) is 8.70. The fourth-order valence-corrected chi connectivity index (χ4v) is 2.61. The standard InChI is InChI=1S/C16H25NO/c1-12(2)10-15(11-18)17-16(14-8-9-14)13-6-4-3-5-7-13/h3-7,12,14-18H,8-11H2,1-2H3. The second-order valence-electron chi connectivity index (χ2n) is 5.90. The number of nitrogens with one attached hydrogen (secondary N) is 1. The van der Waals surface area contributed by atoms with Gasteiger partial charge < -0.3 is 10.4 Å². The summed E-state index contributed by atoms with van der Waals surface area (Å²) in [5.74, 6) is 1.37. The average molecular weight is 247 g/mol. The molecular weight excluding hydrogens is 222 g/mol. The maximum atomic E-state index is 9.51. The van der Waals surface area contributed by atoms with E-state index < -0.39 is 0 Å². The molecule has 2 atom stereocenters. The lowest BCUT2D eigenvalue weighted by molar-refractivity contribution is 0.208. The van der Waals surface area contributed by atoms with Crippen LogP contribution < -0.4 is 5.32 Å². The molecule has 2 unspecified atom stereocenters. The minimum atomic E-state index is 0.218. The summed E-state index contributed by atoms with van der Waals surface area (Å²) in [6.45, 7) is 4.65. The van der Waals surface area contributed by atoms with E-state index in [0.717, 1.165) is 12.3 Å². The van der Waals surface area contributed by atoms with Gasteiger partial charge in [-0.15, -0.1) is 0 Å². The van der Waals surface area contributed by atoms with Gasteiger partial charge in [0.25, 0.3) is 0 Å². The van der Waals surface area contributed by atoms with Gasteiger partial charge in [-0.25, -0.2) is 0 Å². The van der Waals surface area contributed by atoms with Crippen LogP contribution in [0.5, 0.6) is 0 Å². The van der Waals surface area contributed by atoms with Crippen molar-refractivity contribution in [2.45, 2.75) is 45.2 Å². The van der Waals surface area contributed by atoms with Crippen LogP contribution in [0.4, 0.5) is 0 Å². The summed E-state index contributed by atoms with van der Waals surface area (Å²) in [6, 6.07) is 11.3. The van der Waals surface area contributed by atoms with Crippen LogP contribution in [0.25, 0.3) is 0 Å². The highest BCUT2D eigenvalue weighted by Gasteiger charge is 2.33. The van der Waals surface area contributed by atoms with Gasteiger partial charge in [-0.05, 0) is 36.7 Å². The predicted octanol–water partition coefficient (Wildman–Crippen LogP) is 3.13. The molecule has 2 heteroatoms. The van der Waals surface area contributed by atoms with Gasteiger partial charge in [0.15, 0.2) is 0 Å². The first-order valence-corrected chi connectivity index (χ1v) is 7.12. The minimum absolute atomic E-state index is 0.218. The number of rotatable bonds is 7. The first kappa shape index (κ1) is 13.6. The van der Waals surface area contributed by atoms with Crippen molar-refractivity contribution in [2.24, 2.45) is 11.8 Å². The molecule has 100 valence electrons. The Kier molecular flexibility index (Phi) is 4.79. The van der Waals surface area contributed by atoms with E-state index in [1.807, 2.05) is 0 Å². The second-order valence-corrected chi connectivity index (χ2v) is 5.90. The number of aliphatic hydroxyl groups excluding tert-OH is 1. The van der Waals surface area contributed by atoms with Crippen LogP contribution in [-0.4, -0.2) is 17.8 Å². The summed E-state index contributed by atoms with van der Waals surface area (Å²) in [5.41, 5.74) is 1.36. The highest BCUT2D eigenvalue weighted by atomic mass is 16.3. The van der Waals surface area contributed by atoms with Crippen LogP contribution in [0.2, 0.25) is 0 Å². The Bertz CT molecular complexity index is 345. The van der Waals surface area contributed by atoms with Crippen molar-refractivity contribution < 1.29 is 5.11 Å². The summed E-state index contributed by atoms with van der Waals surface area (Å²) >= 11 is 0. The molecule has 1 fully saturated rings. The van der Waals surface area contributed by atoms with E-state index in [9.17, 15) is 5.11 Å². The molecule has 0 saturated heterocycles. The van der Waals surface area contributed by atoms with Gasteiger partial charge in [0.05, 0.1) is 6.61 Å². The molecular formula is C16H25NO. The highest BCUT2D eigenvalue weighted by Crippen LogP contribution is 2.41. The molecule has 1 aliphatic rings. The molecule has 0 spiro atoms. The number of hydrogen-bond acceptors (Lipinski definition) is 2. The van der Waals surface area contributed by atoms with Gasteiger partial charge in [0.2, 0.25) is 0 Å². The Morgan fingerprint density at radius 2 is 1.89 bits per heavy atom. The minimum Gasteiger partial charge on any atom is -0.395 e. The topological polar surface area (TPSA) is 32.3 Å². The second kappa shape index (κ2) is 6.35. The molecule has 0 bridgehead atoms. The Morgan fingerprint density at radius 3 is 2.39 bits per heavy atom. The van der Waals surface area contributed by atoms with E-state index >= 15 is 0 Å². The molecule has 1 aliphatic carbocycles. The zero-order valence-corrected chi connectivity index (χ0v) is 11.5. The molecule has 0 amide bonds.